The maximum absolute atomic E-state index is 12.4. The Morgan fingerprint density at radius 2 is 2.00 bits per heavy atom. The number of carbonyl (C=O) groups excluding carboxylic acids is 2. The summed E-state index contributed by atoms with van der Waals surface area (Å²) < 4.78 is 34.6. The van der Waals surface area contributed by atoms with Gasteiger partial charge in [-0.25, -0.2) is 4.79 Å². The van der Waals surface area contributed by atoms with Crippen molar-refractivity contribution >= 4 is 27.9 Å². The van der Waals surface area contributed by atoms with Gasteiger partial charge in [0, 0.05) is 7.05 Å². The van der Waals surface area contributed by atoms with Crippen LogP contribution in [0.15, 0.2) is 0 Å². The van der Waals surface area contributed by atoms with Crippen molar-refractivity contribution in [1.29, 1.82) is 0 Å². The summed E-state index contributed by atoms with van der Waals surface area (Å²) in [6.45, 7) is -0.735. The van der Waals surface area contributed by atoms with Crippen molar-refractivity contribution in [3.63, 3.8) is 0 Å². The molecule has 4 nitrogen and oxygen atoms in total. The van der Waals surface area contributed by atoms with Gasteiger partial charge >= 0.3 is 12.2 Å². The quantitative estimate of drug-likeness (QED) is 0.667. The molecule has 0 aliphatic carbocycles. The second-order valence-corrected chi connectivity index (χ2v) is 4.27. The highest BCUT2D eigenvalue weighted by Crippen LogP contribution is 2.39. The molecular formula is C6H6BrF3N2O2. The fraction of sp³-hybridized carbons (Fsp3) is 0.667. The number of hydrogen-bond acceptors (Lipinski definition) is 2. The average molecular weight is 275 g/mol. The number of alkyl halides is 4. The van der Waals surface area contributed by atoms with Crippen LogP contribution in [-0.4, -0.2) is 40.9 Å². The van der Waals surface area contributed by atoms with Crippen LogP contribution >= 0.6 is 15.9 Å². The molecule has 1 aliphatic heterocycles. The number of nitrogens with one attached hydrogen (secondary N) is 1. The van der Waals surface area contributed by atoms with Crippen LogP contribution in [0, 0.1) is 0 Å². The van der Waals surface area contributed by atoms with Crippen molar-refractivity contribution in [2.75, 3.05) is 13.6 Å². The van der Waals surface area contributed by atoms with E-state index in [4.69, 9.17) is 0 Å². The lowest BCUT2D eigenvalue weighted by molar-refractivity contribution is -0.173. The fourth-order valence-corrected chi connectivity index (χ4v) is 1.46. The summed E-state index contributed by atoms with van der Waals surface area (Å²) in [7, 11) is 1.17. The minimum absolute atomic E-state index is 0.735. The maximum Gasteiger partial charge on any atom is 0.414 e. The van der Waals surface area contributed by atoms with Crippen LogP contribution in [0.2, 0.25) is 0 Å². The van der Waals surface area contributed by atoms with Crippen LogP contribution in [0.4, 0.5) is 18.0 Å². The van der Waals surface area contributed by atoms with Crippen LogP contribution < -0.4 is 5.32 Å². The smallest absolute Gasteiger partial charge is 0.325 e. The van der Waals surface area contributed by atoms with Gasteiger partial charge in [0.1, 0.15) is 0 Å². The first-order valence-corrected chi connectivity index (χ1v) is 4.30. The Bertz CT molecular complexity index is 293. The number of rotatable bonds is 0. The highest BCUT2D eigenvalue weighted by Gasteiger charge is 2.61. The van der Waals surface area contributed by atoms with Gasteiger partial charge in [-0.3, -0.25) is 10.1 Å². The number of imide groups is 1. The zero-order valence-corrected chi connectivity index (χ0v) is 8.57. The Balaban J connectivity index is 3.01. The minimum Gasteiger partial charge on any atom is -0.325 e. The molecule has 1 heterocycles. The fourth-order valence-electron chi connectivity index (χ4n) is 0.980. The van der Waals surface area contributed by atoms with E-state index in [-0.39, 0.29) is 0 Å². The first-order chi connectivity index (χ1) is 6.18. The van der Waals surface area contributed by atoms with E-state index < -0.39 is 29.0 Å². The molecule has 0 bridgehead atoms. The third-order valence-corrected chi connectivity index (χ3v) is 2.89. The molecule has 14 heavy (non-hydrogen) atoms. The molecule has 0 aromatic heterocycles. The average Bonchev–Trinajstić information content (AvgIpc) is 1.99. The third kappa shape index (κ3) is 1.58. The molecule has 80 valence electrons. The molecule has 1 unspecified atom stereocenters. The van der Waals surface area contributed by atoms with E-state index in [2.05, 4.69) is 15.9 Å². The van der Waals surface area contributed by atoms with Crippen LogP contribution in [0.3, 0.4) is 0 Å². The molecule has 1 fully saturated rings. The first kappa shape index (κ1) is 11.3. The number of urea groups is 1. The molecule has 0 aromatic carbocycles. The normalized spacial score (nSPS) is 29.1. The second-order valence-electron chi connectivity index (χ2n) is 2.91. The van der Waals surface area contributed by atoms with E-state index in [9.17, 15) is 22.8 Å². The minimum atomic E-state index is -4.74. The molecule has 0 radical (unpaired) electrons. The molecule has 0 aromatic rings. The van der Waals surface area contributed by atoms with E-state index in [1.165, 1.54) is 7.05 Å². The molecule has 0 saturated carbocycles. The Kier molecular flexibility index (Phi) is 2.51. The topological polar surface area (TPSA) is 49.4 Å². The van der Waals surface area contributed by atoms with Crippen LogP contribution in [0.5, 0.6) is 0 Å². The van der Waals surface area contributed by atoms with Gasteiger partial charge in [-0.05, 0) is 0 Å². The molecule has 1 atom stereocenters. The van der Waals surface area contributed by atoms with Crippen LogP contribution in [-0.2, 0) is 4.79 Å². The van der Waals surface area contributed by atoms with Crippen LogP contribution in [0.1, 0.15) is 0 Å². The predicted molar refractivity (Wildman–Crippen MR) is 43.9 cm³/mol. The first-order valence-electron chi connectivity index (χ1n) is 3.50. The largest absolute Gasteiger partial charge is 0.414 e. The molecule has 3 amide bonds. The summed E-state index contributed by atoms with van der Waals surface area (Å²) in [5.74, 6) is -1.38. The zero-order valence-electron chi connectivity index (χ0n) is 6.98. The molecule has 1 aliphatic rings. The molecule has 1 saturated heterocycles. The van der Waals surface area contributed by atoms with Gasteiger partial charge in [-0.15, -0.1) is 0 Å². The Morgan fingerprint density at radius 3 is 2.43 bits per heavy atom. The van der Waals surface area contributed by atoms with Gasteiger partial charge in [0.05, 0.1) is 6.54 Å². The maximum atomic E-state index is 12.4. The van der Waals surface area contributed by atoms with Crippen molar-refractivity contribution in [3.8, 4) is 0 Å². The Morgan fingerprint density at radius 1 is 1.50 bits per heavy atom. The summed E-state index contributed by atoms with van der Waals surface area (Å²) in [5, 5.41) is 1.61. The third-order valence-electron chi connectivity index (χ3n) is 1.83. The number of amides is 3. The number of nitrogens with zero attached hydrogens (tertiary/aromatic N) is 1. The standard InChI is InChI=1S/C6H6BrF3N2O2/c1-12-2-5(7,6(8,9)10)3(13)11-4(12)14/h2H2,1H3,(H,11,13,14). The summed E-state index contributed by atoms with van der Waals surface area (Å²) >= 11 is 2.32. The lowest BCUT2D eigenvalue weighted by Gasteiger charge is -2.36. The van der Waals surface area contributed by atoms with Crippen molar-refractivity contribution < 1.29 is 22.8 Å². The van der Waals surface area contributed by atoms with Crippen molar-refractivity contribution in [2.45, 2.75) is 10.5 Å². The second kappa shape index (κ2) is 3.11. The number of halogens is 4. The lowest BCUT2D eigenvalue weighted by atomic mass is 10.1. The highest BCUT2D eigenvalue weighted by atomic mass is 79.9. The van der Waals surface area contributed by atoms with E-state index >= 15 is 0 Å². The zero-order chi connectivity index (χ0) is 11.1. The van der Waals surface area contributed by atoms with E-state index in [0.29, 0.717) is 0 Å². The Labute approximate surface area is 85.6 Å². The van der Waals surface area contributed by atoms with Gasteiger partial charge in [-0.1, -0.05) is 15.9 Å². The summed E-state index contributed by atoms with van der Waals surface area (Å²) in [6, 6.07) is -0.839. The van der Waals surface area contributed by atoms with Crippen LogP contribution in [0.25, 0.3) is 0 Å². The van der Waals surface area contributed by atoms with Crippen molar-refractivity contribution in [2.24, 2.45) is 0 Å². The van der Waals surface area contributed by atoms with E-state index in [1.807, 2.05) is 0 Å². The molecule has 1 N–H and O–H groups in total. The summed E-state index contributed by atoms with van der Waals surface area (Å²) in [5.41, 5.74) is 0. The molecule has 0 spiro atoms. The monoisotopic (exact) mass is 274 g/mol. The predicted octanol–water partition coefficient (Wildman–Crippen LogP) is 0.864. The van der Waals surface area contributed by atoms with Gasteiger partial charge in [0.2, 0.25) is 4.32 Å². The van der Waals surface area contributed by atoms with Gasteiger partial charge < -0.3 is 4.90 Å². The molecular weight excluding hydrogens is 269 g/mol. The Hall–Kier alpha value is -0.790. The molecule has 8 heteroatoms. The van der Waals surface area contributed by atoms with Gasteiger partial charge in [0.15, 0.2) is 0 Å². The summed E-state index contributed by atoms with van der Waals surface area (Å²) in [6.07, 6.45) is -4.74. The lowest BCUT2D eigenvalue weighted by Crippen LogP contribution is -2.66. The number of hydrogen-bond donors (Lipinski definition) is 1. The van der Waals surface area contributed by atoms with E-state index in [0.717, 1.165) is 4.90 Å². The van der Waals surface area contributed by atoms with Gasteiger partial charge in [0.25, 0.3) is 5.91 Å². The highest BCUT2D eigenvalue weighted by molar-refractivity contribution is 9.10. The number of carbonyl (C=O) groups is 2. The van der Waals surface area contributed by atoms with Crippen molar-refractivity contribution in [3.05, 3.63) is 0 Å². The summed E-state index contributed by atoms with van der Waals surface area (Å²) in [4.78, 5) is 22.6. The van der Waals surface area contributed by atoms with Crippen molar-refractivity contribution in [1.82, 2.24) is 10.2 Å². The van der Waals surface area contributed by atoms with E-state index in [1.54, 1.807) is 5.32 Å². The van der Waals surface area contributed by atoms with Gasteiger partial charge in [-0.2, -0.15) is 13.2 Å². The molecule has 1 rings (SSSR count). The SMILES string of the molecule is CN1CC(Br)(C(F)(F)F)C(=O)NC1=O.